The van der Waals surface area contributed by atoms with Gasteiger partial charge in [-0.1, -0.05) is 23.7 Å². The fourth-order valence-electron chi connectivity index (χ4n) is 2.50. The van der Waals surface area contributed by atoms with Crippen molar-refractivity contribution in [2.24, 2.45) is 12.8 Å². The highest BCUT2D eigenvalue weighted by Gasteiger charge is 2.05. The summed E-state index contributed by atoms with van der Waals surface area (Å²) < 4.78 is 7.37. The lowest BCUT2D eigenvalue weighted by Crippen LogP contribution is -2.17. The van der Waals surface area contributed by atoms with Crippen LogP contribution in [0.1, 0.15) is 21.6 Å². The lowest BCUT2D eigenvalue weighted by Gasteiger charge is -2.07. The number of hydrogen-bond acceptors (Lipinski definition) is 5. The number of nitrogens with zero attached hydrogens (tertiary/aromatic N) is 3. The predicted molar refractivity (Wildman–Crippen MR) is 103 cm³/mol. The van der Waals surface area contributed by atoms with E-state index in [9.17, 15) is 4.79 Å². The van der Waals surface area contributed by atoms with Crippen LogP contribution < -0.4 is 15.8 Å². The van der Waals surface area contributed by atoms with Gasteiger partial charge in [0, 0.05) is 32.1 Å². The minimum Gasteiger partial charge on any atom is -0.439 e. The second-order valence-corrected chi connectivity index (χ2v) is 6.43. The number of primary amides is 1. The molecule has 3 rings (SSSR count). The Morgan fingerprint density at radius 1 is 1.26 bits per heavy atom. The van der Waals surface area contributed by atoms with Crippen LogP contribution in [0, 0.1) is 0 Å². The first-order valence-corrected chi connectivity index (χ1v) is 8.80. The van der Waals surface area contributed by atoms with Gasteiger partial charge in [0.05, 0.1) is 16.3 Å². The number of nitrogens with one attached hydrogen (secondary N) is 1. The third-order valence-corrected chi connectivity index (χ3v) is 4.22. The van der Waals surface area contributed by atoms with Crippen LogP contribution in [0.25, 0.3) is 0 Å². The summed E-state index contributed by atoms with van der Waals surface area (Å²) in [5.74, 6) is 0.560. The second-order valence-electron chi connectivity index (χ2n) is 6.02. The average Bonchev–Trinajstić information content (AvgIpc) is 2.98. The molecular weight excluding hydrogens is 366 g/mol. The number of aryl methyl sites for hydroxylation is 1. The number of hydrogen-bond donors (Lipinski definition) is 2. The number of carbonyl (C=O) groups excluding carboxylic acids is 1. The van der Waals surface area contributed by atoms with Gasteiger partial charge in [0.2, 0.25) is 11.8 Å². The van der Waals surface area contributed by atoms with Crippen LogP contribution in [0.4, 0.5) is 0 Å². The number of aromatic nitrogens is 3. The van der Waals surface area contributed by atoms with Gasteiger partial charge in [-0.15, -0.1) is 0 Å². The molecule has 0 saturated carbocycles. The Morgan fingerprint density at radius 2 is 2.04 bits per heavy atom. The van der Waals surface area contributed by atoms with Gasteiger partial charge in [-0.2, -0.15) is 5.10 Å². The average molecular weight is 386 g/mol. The lowest BCUT2D eigenvalue weighted by atomic mass is 10.1. The van der Waals surface area contributed by atoms with Crippen LogP contribution in [0.5, 0.6) is 11.6 Å². The van der Waals surface area contributed by atoms with Gasteiger partial charge in [0.15, 0.2) is 0 Å². The SMILES string of the molecule is Cn1cc(Cl)c(CNCCc2ccc(Oc3ccc(C(N)=O)cn3)cc2)n1. The van der Waals surface area contributed by atoms with Gasteiger partial charge in [-0.3, -0.25) is 9.48 Å². The summed E-state index contributed by atoms with van der Waals surface area (Å²) in [5, 5.41) is 8.30. The van der Waals surface area contributed by atoms with Crippen LogP contribution in [0.2, 0.25) is 5.02 Å². The maximum atomic E-state index is 11.0. The second kappa shape index (κ2) is 8.66. The van der Waals surface area contributed by atoms with E-state index in [1.165, 1.54) is 11.8 Å². The highest BCUT2D eigenvalue weighted by atomic mass is 35.5. The topological polar surface area (TPSA) is 95.1 Å². The predicted octanol–water partition coefficient (Wildman–Crippen LogP) is 2.69. The maximum absolute atomic E-state index is 11.0. The van der Waals surface area contributed by atoms with Gasteiger partial charge in [-0.05, 0) is 36.7 Å². The van der Waals surface area contributed by atoms with E-state index in [4.69, 9.17) is 22.1 Å². The smallest absolute Gasteiger partial charge is 0.250 e. The van der Waals surface area contributed by atoms with Crippen molar-refractivity contribution in [2.45, 2.75) is 13.0 Å². The molecule has 0 aliphatic carbocycles. The molecular formula is C19H20ClN5O2. The zero-order chi connectivity index (χ0) is 19.2. The molecule has 2 aromatic heterocycles. The molecule has 0 radical (unpaired) electrons. The number of pyridine rings is 1. The van der Waals surface area contributed by atoms with E-state index in [0.29, 0.717) is 28.8 Å². The molecule has 0 saturated heterocycles. The Hall–Kier alpha value is -2.90. The molecule has 0 atom stereocenters. The molecule has 0 aliphatic heterocycles. The molecule has 7 nitrogen and oxygen atoms in total. The third-order valence-electron chi connectivity index (χ3n) is 3.90. The standard InChI is InChI=1S/C19H20ClN5O2/c1-25-12-16(20)17(24-25)11-22-9-8-13-2-5-15(6-3-13)27-18-7-4-14(10-23-18)19(21)26/h2-7,10,12,22H,8-9,11H2,1H3,(H2,21,26). The number of amides is 1. The Bertz CT molecular complexity index is 907. The number of benzene rings is 1. The van der Waals surface area contributed by atoms with Gasteiger partial charge in [-0.25, -0.2) is 4.98 Å². The molecule has 0 fully saturated rings. The largest absolute Gasteiger partial charge is 0.439 e. The molecule has 140 valence electrons. The maximum Gasteiger partial charge on any atom is 0.250 e. The fraction of sp³-hybridized carbons (Fsp3) is 0.211. The Labute approximate surface area is 162 Å². The molecule has 0 aliphatic rings. The Balaban J connectivity index is 1.47. The van der Waals surface area contributed by atoms with Crippen molar-refractivity contribution in [1.82, 2.24) is 20.1 Å². The Morgan fingerprint density at radius 3 is 2.63 bits per heavy atom. The van der Waals surface area contributed by atoms with E-state index in [-0.39, 0.29) is 0 Å². The third kappa shape index (κ3) is 5.29. The molecule has 0 unspecified atom stereocenters. The first-order chi connectivity index (χ1) is 13.0. The van der Waals surface area contributed by atoms with Crippen molar-refractivity contribution in [1.29, 1.82) is 0 Å². The summed E-state index contributed by atoms with van der Waals surface area (Å²) in [5.41, 5.74) is 7.56. The van der Waals surface area contributed by atoms with Gasteiger partial charge < -0.3 is 15.8 Å². The van der Waals surface area contributed by atoms with E-state index >= 15 is 0 Å². The van der Waals surface area contributed by atoms with Crippen molar-refractivity contribution < 1.29 is 9.53 Å². The minimum absolute atomic E-state index is 0.345. The number of halogens is 1. The number of ether oxygens (including phenoxy) is 1. The molecule has 0 bridgehead atoms. The van der Waals surface area contributed by atoms with E-state index in [1.807, 2.05) is 31.3 Å². The summed E-state index contributed by atoms with van der Waals surface area (Å²) in [6.07, 6.45) is 4.05. The molecule has 0 spiro atoms. The number of carbonyl (C=O) groups is 1. The monoisotopic (exact) mass is 385 g/mol. The zero-order valence-electron chi connectivity index (χ0n) is 14.9. The molecule has 2 heterocycles. The van der Waals surface area contributed by atoms with E-state index in [1.54, 1.807) is 23.0 Å². The summed E-state index contributed by atoms with van der Waals surface area (Å²) in [6, 6.07) is 11.0. The van der Waals surface area contributed by atoms with Gasteiger partial charge in [0.25, 0.3) is 0 Å². The zero-order valence-corrected chi connectivity index (χ0v) is 15.6. The first-order valence-electron chi connectivity index (χ1n) is 8.42. The minimum atomic E-state index is -0.516. The molecule has 8 heteroatoms. The summed E-state index contributed by atoms with van der Waals surface area (Å²) in [6.45, 7) is 1.44. The summed E-state index contributed by atoms with van der Waals surface area (Å²) in [4.78, 5) is 15.1. The normalized spacial score (nSPS) is 10.7. The van der Waals surface area contributed by atoms with E-state index in [2.05, 4.69) is 15.4 Å². The van der Waals surface area contributed by atoms with Crippen molar-refractivity contribution in [3.8, 4) is 11.6 Å². The number of nitrogens with two attached hydrogens (primary N) is 1. The lowest BCUT2D eigenvalue weighted by molar-refractivity contribution is 0.1000. The van der Waals surface area contributed by atoms with Gasteiger partial charge in [0.1, 0.15) is 5.75 Å². The van der Waals surface area contributed by atoms with E-state index in [0.717, 1.165) is 18.7 Å². The highest BCUT2D eigenvalue weighted by Crippen LogP contribution is 2.20. The molecule has 1 aromatic carbocycles. The van der Waals surface area contributed by atoms with Crippen LogP contribution in [-0.4, -0.2) is 27.2 Å². The van der Waals surface area contributed by atoms with Crippen LogP contribution in [-0.2, 0) is 20.0 Å². The quantitative estimate of drug-likeness (QED) is 0.581. The van der Waals surface area contributed by atoms with Crippen molar-refractivity contribution in [2.75, 3.05) is 6.54 Å². The Kier molecular flexibility index (Phi) is 6.05. The van der Waals surface area contributed by atoms with Crippen LogP contribution in [0.3, 0.4) is 0 Å². The first kappa shape index (κ1) is 18.9. The summed E-state index contributed by atoms with van der Waals surface area (Å²) in [7, 11) is 1.85. The van der Waals surface area contributed by atoms with Crippen molar-refractivity contribution in [3.63, 3.8) is 0 Å². The van der Waals surface area contributed by atoms with Crippen molar-refractivity contribution in [3.05, 3.63) is 70.6 Å². The molecule has 1 amide bonds. The fourth-order valence-corrected chi connectivity index (χ4v) is 2.74. The van der Waals surface area contributed by atoms with Gasteiger partial charge >= 0.3 is 0 Å². The van der Waals surface area contributed by atoms with Crippen LogP contribution >= 0.6 is 11.6 Å². The molecule has 3 aromatic rings. The van der Waals surface area contributed by atoms with Crippen molar-refractivity contribution >= 4 is 17.5 Å². The van der Waals surface area contributed by atoms with Crippen LogP contribution in [0.15, 0.2) is 48.8 Å². The van der Waals surface area contributed by atoms with E-state index < -0.39 is 5.91 Å². The number of rotatable bonds is 8. The molecule has 3 N–H and O–H groups in total. The highest BCUT2D eigenvalue weighted by molar-refractivity contribution is 6.31. The molecule has 27 heavy (non-hydrogen) atoms. The summed E-state index contributed by atoms with van der Waals surface area (Å²) >= 11 is 6.08.